The van der Waals surface area contributed by atoms with Gasteiger partial charge in [0, 0.05) is 24.4 Å². The van der Waals surface area contributed by atoms with E-state index >= 15 is 0 Å². The van der Waals surface area contributed by atoms with Crippen LogP contribution in [0.3, 0.4) is 0 Å². The summed E-state index contributed by atoms with van der Waals surface area (Å²) >= 11 is 0. The molecule has 2 amide bonds. The van der Waals surface area contributed by atoms with E-state index in [0.29, 0.717) is 23.4 Å². The predicted molar refractivity (Wildman–Crippen MR) is 107 cm³/mol. The number of nitrogens with zero attached hydrogens (tertiary/aromatic N) is 1. The highest BCUT2D eigenvalue weighted by Crippen LogP contribution is 2.33. The minimum absolute atomic E-state index is 0.0257. The lowest BCUT2D eigenvalue weighted by atomic mass is 9.80. The fourth-order valence-corrected chi connectivity index (χ4v) is 4.53. The molecule has 1 saturated heterocycles. The number of nitrogens with one attached hydrogen (secondary N) is 1. The SMILES string of the molecule is CCC1CCCCN1C(=O)C1CCC(C(=O)Nc2ccccc2OC)CC1. The molecule has 27 heavy (non-hydrogen) atoms. The Morgan fingerprint density at radius 2 is 1.78 bits per heavy atom. The Bertz CT molecular complexity index is 653. The summed E-state index contributed by atoms with van der Waals surface area (Å²) in [6, 6.07) is 7.88. The first-order valence-corrected chi connectivity index (χ1v) is 10.4. The highest BCUT2D eigenvalue weighted by Gasteiger charge is 2.35. The monoisotopic (exact) mass is 372 g/mol. The van der Waals surface area contributed by atoms with E-state index in [1.165, 1.54) is 6.42 Å². The van der Waals surface area contributed by atoms with Gasteiger partial charge in [-0.05, 0) is 63.5 Å². The van der Waals surface area contributed by atoms with E-state index in [2.05, 4.69) is 17.1 Å². The first-order chi connectivity index (χ1) is 13.1. The van der Waals surface area contributed by atoms with Gasteiger partial charge in [-0.15, -0.1) is 0 Å². The van der Waals surface area contributed by atoms with Gasteiger partial charge in [0.25, 0.3) is 0 Å². The zero-order valence-corrected chi connectivity index (χ0v) is 16.6. The molecule has 148 valence electrons. The molecule has 2 aliphatic rings. The van der Waals surface area contributed by atoms with Crippen LogP contribution < -0.4 is 10.1 Å². The third-order valence-corrected chi connectivity index (χ3v) is 6.19. The van der Waals surface area contributed by atoms with Gasteiger partial charge in [-0.1, -0.05) is 19.1 Å². The molecule has 1 aliphatic carbocycles. The topological polar surface area (TPSA) is 58.6 Å². The molecule has 1 aliphatic heterocycles. The number of hydrogen-bond acceptors (Lipinski definition) is 3. The number of likely N-dealkylation sites (tertiary alicyclic amines) is 1. The molecular weight excluding hydrogens is 340 g/mol. The van der Waals surface area contributed by atoms with Crippen molar-refractivity contribution >= 4 is 17.5 Å². The number of methoxy groups -OCH3 is 1. The number of anilines is 1. The quantitative estimate of drug-likeness (QED) is 0.841. The molecule has 0 radical (unpaired) electrons. The van der Waals surface area contributed by atoms with Crippen molar-refractivity contribution in [2.24, 2.45) is 11.8 Å². The van der Waals surface area contributed by atoms with Crippen LogP contribution in [-0.4, -0.2) is 36.4 Å². The van der Waals surface area contributed by atoms with E-state index in [1.54, 1.807) is 7.11 Å². The number of ether oxygens (including phenoxy) is 1. The van der Waals surface area contributed by atoms with Gasteiger partial charge in [0.15, 0.2) is 0 Å². The van der Waals surface area contributed by atoms with Crippen LogP contribution >= 0.6 is 0 Å². The Morgan fingerprint density at radius 3 is 2.48 bits per heavy atom. The van der Waals surface area contributed by atoms with Gasteiger partial charge in [-0.2, -0.15) is 0 Å². The highest BCUT2D eigenvalue weighted by atomic mass is 16.5. The minimum atomic E-state index is -0.0257. The third-order valence-electron chi connectivity index (χ3n) is 6.19. The summed E-state index contributed by atoms with van der Waals surface area (Å²) in [5.74, 6) is 1.10. The number of piperidine rings is 1. The summed E-state index contributed by atoms with van der Waals surface area (Å²) in [4.78, 5) is 27.8. The molecule has 1 aromatic rings. The van der Waals surface area contributed by atoms with E-state index in [4.69, 9.17) is 4.74 Å². The fraction of sp³-hybridized carbons (Fsp3) is 0.636. The number of rotatable bonds is 5. The molecule has 2 fully saturated rings. The maximum Gasteiger partial charge on any atom is 0.227 e. The Balaban J connectivity index is 1.53. The maximum absolute atomic E-state index is 13.0. The molecule has 3 rings (SSSR count). The van der Waals surface area contributed by atoms with Crippen molar-refractivity contribution in [2.45, 2.75) is 64.3 Å². The number of amides is 2. The zero-order valence-electron chi connectivity index (χ0n) is 16.6. The van der Waals surface area contributed by atoms with Gasteiger partial charge >= 0.3 is 0 Å². The van der Waals surface area contributed by atoms with Crippen molar-refractivity contribution in [3.8, 4) is 5.75 Å². The molecule has 1 N–H and O–H groups in total. The first-order valence-electron chi connectivity index (χ1n) is 10.4. The van der Waals surface area contributed by atoms with Crippen LogP contribution in [0, 0.1) is 11.8 Å². The second kappa shape index (κ2) is 9.25. The first kappa shape index (κ1) is 19.7. The predicted octanol–water partition coefficient (Wildman–Crippen LogP) is 4.23. The maximum atomic E-state index is 13.0. The van der Waals surface area contributed by atoms with Crippen LogP contribution in [0.4, 0.5) is 5.69 Å². The number of hydrogen-bond donors (Lipinski definition) is 1. The molecule has 1 saturated carbocycles. The summed E-state index contributed by atoms with van der Waals surface area (Å²) in [5.41, 5.74) is 0.710. The second-order valence-electron chi connectivity index (χ2n) is 7.83. The zero-order chi connectivity index (χ0) is 19.2. The Labute approximate surface area is 162 Å². The molecule has 5 nitrogen and oxygen atoms in total. The normalized spacial score (nSPS) is 25.7. The van der Waals surface area contributed by atoms with Gasteiger partial charge in [0.2, 0.25) is 11.8 Å². The molecule has 0 spiro atoms. The van der Waals surface area contributed by atoms with E-state index in [9.17, 15) is 9.59 Å². The van der Waals surface area contributed by atoms with Gasteiger partial charge in [-0.25, -0.2) is 0 Å². The lowest BCUT2D eigenvalue weighted by Gasteiger charge is -2.39. The van der Waals surface area contributed by atoms with Crippen LogP contribution in [-0.2, 0) is 9.59 Å². The van der Waals surface area contributed by atoms with Crippen LogP contribution in [0.5, 0.6) is 5.75 Å². The standard InChI is InChI=1S/C22H32N2O3/c1-3-18-8-6-7-15-24(18)22(26)17-13-11-16(12-14-17)21(25)23-19-9-4-5-10-20(19)27-2/h4-5,9-10,16-18H,3,6-8,11-15H2,1-2H3,(H,23,25). The highest BCUT2D eigenvalue weighted by molar-refractivity contribution is 5.94. The molecule has 0 aromatic heterocycles. The van der Waals surface area contributed by atoms with E-state index in [1.807, 2.05) is 24.3 Å². The number of carbonyl (C=O) groups excluding carboxylic acids is 2. The Hall–Kier alpha value is -2.04. The average molecular weight is 373 g/mol. The smallest absolute Gasteiger partial charge is 0.227 e. The van der Waals surface area contributed by atoms with Gasteiger partial charge in [0.05, 0.1) is 12.8 Å². The Kier molecular flexibility index (Phi) is 6.75. The van der Waals surface area contributed by atoms with Crippen molar-refractivity contribution in [1.29, 1.82) is 0 Å². The lowest BCUT2D eigenvalue weighted by Crippen LogP contribution is -2.47. The third kappa shape index (κ3) is 4.63. The number of carbonyl (C=O) groups is 2. The van der Waals surface area contributed by atoms with Crippen molar-refractivity contribution in [3.05, 3.63) is 24.3 Å². The van der Waals surface area contributed by atoms with Crippen LogP contribution in [0.25, 0.3) is 0 Å². The van der Waals surface area contributed by atoms with Crippen molar-refractivity contribution < 1.29 is 14.3 Å². The van der Waals surface area contributed by atoms with Crippen LogP contribution in [0.1, 0.15) is 58.3 Å². The van der Waals surface area contributed by atoms with Gasteiger partial charge in [0.1, 0.15) is 5.75 Å². The van der Waals surface area contributed by atoms with Crippen molar-refractivity contribution in [2.75, 3.05) is 19.0 Å². The average Bonchev–Trinajstić information content (AvgIpc) is 2.73. The summed E-state index contributed by atoms with van der Waals surface area (Å²) in [6.45, 7) is 3.08. The van der Waals surface area contributed by atoms with Crippen LogP contribution in [0.15, 0.2) is 24.3 Å². The number of benzene rings is 1. The molecule has 1 unspecified atom stereocenters. The molecular formula is C22H32N2O3. The minimum Gasteiger partial charge on any atom is -0.495 e. The molecule has 0 bridgehead atoms. The van der Waals surface area contributed by atoms with Gasteiger partial charge < -0.3 is 15.0 Å². The van der Waals surface area contributed by atoms with E-state index in [-0.39, 0.29) is 17.7 Å². The van der Waals surface area contributed by atoms with E-state index < -0.39 is 0 Å². The summed E-state index contributed by atoms with van der Waals surface area (Å²) < 4.78 is 5.30. The van der Waals surface area contributed by atoms with Crippen molar-refractivity contribution in [3.63, 3.8) is 0 Å². The van der Waals surface area contributed by atoms with E-state index in [0.717, 1.165) is 51.5 Å². The molecule has 1 heterocycles. The summed E-state index contributed by atoms with van der Waals surface area (Å²) in [6.07, 6.45) is 7.73. The summed E-state index contributed by atoms with van der Waals surface area (Å²) in [7, 11) is 1.60. The number of para-hydroxylation sites is 2. The molecule has 1 aromatic carbocycles. The largest absolute Gasteiger partial charge is 0.495 e. The van der Waals surface area contributed by atoms with Gasteiger partial charge in [-0.3, -0.25) is 9.59 Å². The van der Waals surface area contributed by atoms with Crippen molar-refractivity contribution in [1.82, 2.24) is 4.90 Å². The molecule has 1 atom stereocenters. The Morgan fingerprint density at radius 1 is 1.07 bits per heavy atom. The molecule has 5 heteroatoms. The van der Waals surface area contributed by atoms with Crippen LogP contribution in [0.2, 0.25) is 0 Å². The second-order valence-corrected chi connectivity index (χ2v) is 7.83. The fourth-order valence-electron chi connectivity index (χ4n) is 4.53. The lowest BCUT2D eigenvalue weighted by molar-refractivity contribution is -0.141. The summed E-state index contributed by atoms with van der Waals surface area (Å²) in [5, 5.41) is 3.00.